The smallest absolute Gasteiger partial charge is 0.263 e. The Balaban J connectivity index is 2.02. The minimum atomic E-state index is -1.89. The molecule has 0 fully saturated rings. The summed E-state index contributed by atoms with van der Waals surface area (Å²) in [5, 5.41) is 23.8. The van der Waals surface area contributed by atoms with E-state index in [1.165, 1.54) is 13.0 Å². The Labute approximate surface area is 145 Å². The normalized spacial score (nSPS) is 22.8. The van der Waals surface area contributed by atoms with Crippen LogP contribution < -0.4 is 16.4 Å². The molecule has 2 rings (SSSR count). The van der Waals surface area contributed by atoms with Gasteiger partial charge in [0.1, 0.15) is 0 Å². The van der Waals surface area contributed by atoms with Gasteiger partial charge in [-0.2, -0.15) is 0 Å². The number of nitrogens with two attached hydrogens (primary N) is 1. The van der Waals surface area contributed by atoms with Crippen LogP contribution in [0.15, 0.2) is 42.2 Å². The summed E-state index contributed by atoms with van der Waals surface area (Å²) in [5.41, 5.74) is 6.99. The molecule has 6 N–H and O–H groups in total. The van der Waals surface area contributed by atoms with Crippen LogP contribution in [0.3, 0.4) is 0 Å². The zero-order chi connectivity index (χ0) is 18.4. The van der Waals surface area contributed by atoms with Crippen molar-refractivity contribution in [3.63, 3.8) is 0 Å². The Morgan fingerprint density at radius 3 is 2.56 bits per heavy atom. The lowest BCUT2D eigenvalue weighted by Gasteiger charge is -2.35. The fourth-order valence-electron chi connectivity index (χ4n) is 2.60. The molecule has 25 heavy (non-hydrogen) atoms. The van der Waals surface area contributed by atoms with Gasteiger partial charge in [-0.25, -0.2) is 0 Å². The fraction of sp³-hybridized carbons (Fsp3) is 0.412. The molecular weight excluding hydrogens is 326 g/mol. The fourth-order valence-corrected chi connectivity index (χ4v) is 2.60. The van der Waals surface area contributed by atoms with Crippen LogP contribution in [-0.4, -0.2) is 53.0 Å². The molecule has 0 radical (unpaired) electrons. The minimum Gasteiger partial charge on any atom is -0.478 e. The standard InChI is InChI=1S/C17H23N3O5/c1-10(21)20-14-12(18)9-13(17(23)24)25-15(14)16(22)19-8-7-11-5-3-2-4-6-11/h2-6,9,12,14-15,17,23-24H,7-8,18H2,1H3,(H,19,22)(H,20,21)/t12-,14+,15+/m0/s1. The number of amides is 2. The number of benzene rings is 1. The quantitative estimate of drug-likeness (QED) is 0.408. The van der Waals surface area contributed by atoms with Crippen molar-refractivity contribution in [3.8, 4) is 0 Å². The van der Waals surface area contributed by atoms with Crippen molar-refractivity contribution in [2.75, 3.05) is 6.54 Å². The second-order valence-electron chi connectivity index (χ2n) is 5.81. The van der Waals surface area contributed by atoms with E-state index < -0.39 is 30.4 Å². The molecule has 3 atom stereocenters. The van der Waals surface area contributed by atoms with Crippen LogP contribution in [0.5, 0.6) is 0 Å². The number of aliphatic hydroxyl groups excluding tert-OH is 1. The van der Waals surface area contributed by atoms with Crippen LogP contribution in [0.2, 0.25) is 0 Å². The van der Waals surface area contributed by atoms with E-state index in [4.69, 9.17) is 10.5 Å². The number of nitrogens with one attached hydrogen (secondary N) is 2. The van der Waals surface area contributed by atoms with Gasteiger partial charge in [0, 0.05) is 13.5 Å². The molecule has 0 saturated heterocycles. The van der Waals surface area contributed by atoms with Gasteiger partial charge in [0.2, 0.25) is 12.2 Å². The van der Waals surface area contributed by atoms with Gasteiger partial charge >= 0.3 is 0 Å². The topological polar surface area (TPSA) is 134 Å². The van der Waals surface area contributed by atoms with Crippen LogP contribution in [0.25, 0.3) is 0 Å². The molecule has 136 valence electrons. The largest absolute Gasteiger partial charge is 0.478 e. The molecule has 1 aliphatic heterocycles. The molecule has 0 aliphatic carbocycles. The Hall–Kier alpha value is -2.42. The van der Waals surface area contributed by atoms with Gasteiger partial charge < -0.3 is 31.3 Å². The maximum Gasteiger partial charge on any atom is 0.263 e. The van der Waals surface area contributed by atoms with Crippen LogP contribution in [0.1, 0.15) is 12.5 Å². The molecule has 0 unspecified atom stereocenters. The average molecular weight is 349 g/mol. The first-order chi connectivity index (χ1) is 11.9. The molecule has 0 bridgehead atoms. The minimum absolute atomic E-state index is 0.211. The van der Waals surface area contributed by atoms with Crippen LogP contribution in [0, 0.1) is 0 Å². The van der Waals surface area contributed by atoms with Gasteiger partial charge in [0.25, 0.3) is 5.91 Å². The molecule has 1 aromatic rings. The number of hydrogen-bond donors (Lipinski definition) is 5. The van der Waals surface area contributed by atoms with Gasteiger partial charge in [-0.1, -0.05) is 30.3 Å². The number of carbonyl (C=O) groups excluding carboxylic acids is 2. The van der Waals surface area contributed by atoms with E-state index >= 15 is 0 Å². The maximum atomic E-state index is 12.5. The number of aliphatic hydroxyl groups is 2. The number of ether oxygens (including phenoxy) is 1. The molecule has 1 heterocycles. The van der Waals surface area contributed by atoms with E-state index in [2.05, 4.69) is 10.6 Å². The summed E-state index contributed by atoms with van der Waals surface area (Å²) in [5.74, 6) is -1.07. The molecule has 0 spiro atoms. The second-order valence-corrected chi connectivity index (χ2v) is 5.81. The van der Waals surface area contributed by atoms with Crippen molar-refractivity contribution in [2.24, 2.45) is 5.73 Å². The van der Waals surface area contributed by atoms with Crippen molar-refractivity contribution < 1.29 is 24.5 Å². The van der Waals surface area contributed by atoms with Gasteiger partial charge in [0.15, 0.2) is 11.9 Å². The Morgan fingerprint density at radius 2 is 1.96 bits per heavy atom. The zero-order valence-corrected chi connectivity index (χ0v) is 13.9. The van der Waals surface area contributed by atoms with E-state index in [0.717, 1.165) is 5.56 Å². The monoisotopic (exact) mass is 349 g/mol. The zero-order valence-electron chi connectivity index (χ0n) is 13.9. The first-order valence-electron chi connectivity index (χ1n) is 7.97. The average Bonchev–Trinajstić information content (AvgIpc) is 2.56. The highest BCUT2D eigenvalue weighted by Gasteiger charge is 2.39. The number of rotatable bonds is 6. The van der Waals surface area contributed by atoms with E-state index in [1.54, 1.807) is 0 Å². The molecule has 0 saturated carbocycles. The van der Waals surface area contributed by atoms with E-state index in [0.29, 0.717) is 13.0 Å². The molecular formula is C17H23N3O5. The Morgan fingerprint density at radius 1 is 1.28 bits per heavy atom. The lowest BCUT2D eigenvalue weighted by atomic mass is 9.98. The molecule has 2 amide bonds. The van der Waals surface area contributed by atoms with Gasteiger partial charge in [0.05, 0.1) is 12.1 Å². The van der Waals surface area contributed by atoms with Crippen LogP contribution in [0.4, 0.5) is 0 Å². The Kier molecular flexibility index (Phi) is 6.51. The third-order valence-corrected chi connectivity index (χ3v) is 3.80. The predicted molar refractivity (Wildman–Crippen MR) is 89.9 cm³/mol. The second kappa shape index (κ2) is 8.61. The first kappa shape index (κ1) is 18.9. The van der Waals surface area contributed by atoms with Gasteiger partial charge in [-0.3, -0.25) is 9.59 Å². The summed E-state index contributed by atoms with van der Waals surface area (Å²) in [6, 6.07) is 8.02. The SMILES string of the molecule is CC(=O)N[C@@H]1[C@@H](N)C=C(C(O)O)O[C@H]1C(=O)NCCc1ccccc1. The van der Waals surface area contributed by atoms with Gasteiger partial charge in [-0.15, -0.1) is 0 Å². The molecule has 8 nitrogen and oxygen atoms in total. The van der Waals surface area contributed by atoms with Crippen LogP contribution >= 0.6 is 0 Å². The van der Waals surface area contributed by atoms with Crippen LogP contribution in [-0.2, 0) is 20.7 Å². The predicted octanol–water partition coefficient (Wildman–Crippen LogP) is -1.23. The molecule has 1 aliphatic rings. The lowest BCUT2D eigenvalue weighted by molar-refractivity contribution is -0.139. The molecule has 1 aromatic carbocycles. The molecule has 8 heteroatoms. The van der Waals surface area contributed by atoms with Crippen molar-refractivity contribution >= 4 is 11.8 Å². The van der Waals surface area contributed by atoms with E-state index in [-0.39, 0.29) is 11.7 Å². The summed E-state index contributed by atoms with van der Waals surface area (Å²) in [6.45, 7) is 1.67. The third-order valence-electron chi connectivity index (χ3n) is 3.80. The van der Waals surface area contributed by atoms with Crippen molar-refractivity contribution in [3.05, 3.63) is 47.7 Å². The van der Waals surface area contributed by atoms with Crippen molar-refractivity contribution in [2.45, 2.75) is 37.8 Å². The molecule has 0 aromatic heterocycles. The Bertz CT molecular complexity index is 632. The first-order valence-corrected chi connectivity index (χ1v) is 7.97. The van der Waals surface area contributed by atoms with E-state index in [9.17, 15) is 19.8 Å². The van der Waals surface area contributed by atoms with Crippen molar-refractivity contribution in [1.82, 2.24) is 10.6 Å². The number of hydrogen-bond acceptors (Lipinski definition) is 6. The summed E-state index contributed by atoms with van der Waals surface area (Å²) in [4.78, 5) is 23.8. The maximum absolute atomic E-state index is 12.5. The summed E-state index contributed by atoms with van der Waals surface area (Å²) in [7, 11) is 0. The van der Waals surface area contributed by atoms with Gasteiger partial charge in [-0.05, 0) is 18.1 Å². The highest BCUT2D eigenvalue weighted by atomic mass is 16.6. The third kappa shape index (κ3) is 5.28. The highest BCUT2D eigenvalue weighted by Crippen LogP contribution is 2.19. The summed E-state index contributed by atoms with van der Waals surface area (Å²) in [6.07, 6.45) is -1.14. The summed E-state index contributed by atoms with van der Waals surface area (Å²) < 4.78 is 5.35. The lowest BCUT2D eigenvalue weighted by Crippen LogP contribution is -2.61. The summed E-state index contributed by atoms with van der Waals surface area (Å²) >= 11 is 0. The van der Waals surface area contributed by atoms with Crippen molar-refractivity contribution in [1.29, 1.82) is 0 Å². The number of carbonyl (C=O) groups is 2. The van der Waals surface area contributed by atoms with E-state index in [1.807, 2.05) is 30.3 Å². The highest BCUT2D eigenvalue weighted by molar-refractivity contribution is 5.83.